The van der Waals surface area contributed by atoms with Gasteiger partial charge in [0.05, 0.1) is 12.5 Å². The van der Waals surface area contributed by atoms with Crippen LogP contribution in [0.2, 0.25) is 0 Å². The van der Waals surface area contributed by atoms with Gasteiger partial charge in [-0.25, -0.2) is 4.79 Å². The summed E-state index contributed by atoms with van der Waals surface area (Å²) in [5.41, 5.74) is 1.20. The van der Waals surface area contributed by atoms with Crippen LogP contribution in [0.25, 0.3) is 0 Å². The van der Waals surface area contributed by atoms with Crippen molar-refractivity contribution in [3.8, 4) is 0 Å². The molecule has 19 heavy (non-hydrogen) atoms. The van der Waals surface area contributed by atoms with E-state index in [1.165, 1.54) is 12.6 Å². The van der Waals surface area contributed by atoms with Gasteiger partial charge in [0.15, 0.2) is 0 Å². The van der Waals surface area contributed by atoms with Crippen LogP contribution in [0.1, 0.15) is 17.9 Å². The Balaban J connectivity index is 0.00000180. The van der Waals surface area contributed by atoms with Gasteiger partial charge in [-0.05, 0) is 12.0 Å². The average Bonchev–Trinajstić information content (AvgIpc) is 3.08. The number of nitrogens with one attached hydrogen (secondary N) is 1. The molecule has 96 valence electrons. The number of rotatable bonds is 4. The topological polar surface area (TPSA) is 72.5 Å². The molecular weight excluding hydrogens is 271 g/mol. The maximum atomic E-state index is 11.6. The molecular formula is C13H15KN2O3. The largest absolute Gasteiger partial charge is 1.00 e. The summed E-state index contributed by atoms with van der Waals surface area (Å²) < 4.78 is 0. The predicted octanol–water partition coefficient (Wildman–Crippen LogP) is -3.06. The Kier molecular flexibility index (Phi) is 6.48. The Labute approximate surface area is 154 Å². The minimum absolute atomic E-state index is 0. The first-order valence-corrected chi connectivity index (χ1v) is 5.84. The number of aliphatic carboxylic acids is 1. The fraction of sp³-hybridized carbons (Fsp3) is 0.385. The van der Waals surface area contributed by atoms with Gasteiger partial charge in [0.2, 0.25) is 0 Å². The minimum atomic E-state index is -1.26. The molecule has 0 bridgehead atoms. The van der Waals surface area contributed by atoms with Gasteiger partial charge in [-0.1, -0.05) is 30.3 Å². The number of carboxylic acid groups (broad SMARTS) is 1. The van der Waals surface area contributed by atoms with E-state index in [-0.39, 0.29) is 63.5 Å². The number of nitrogens with zero attached hydrogens (tertiary/aromatic N) is 1. The first kappa shape index (κ1) is 16.7. The molecule has 1 aliphatic rings. The normalized spacial score (nSPS) is 20.1. The summed E-state index contributed by atoms with van der Waals surface area (Å²) in [6.07, 6.45) is 0.898. The van der Waals surface area contributed by atoms with Gasteiger partial charge in [0.1, 0.15) is 0 Å². The van der Waals surface area contributed by atoms with Crippen LogP contribution in [0, 0.1) is 0 Å². The van der Waals surface area contributed by atoms with Crippen LogP contribution in [0.3, 0.4) is 0 Å². The summed E-state index contributed by atoms with van der Waals surface area (Å²) >= 11 is 0. The van der Waals surface area contributed by atoms with Crippen molar-refractivity contribution in [2.24, 2.45) is 0 Å². The second-order valence-corrected chi connectivity index (χ2v) is 4.54. The summed E-state index contributed by atoms with van der Waals surface area (Å²) in [6.45, 7) is -0.394. The van der Waals surface area contributed by atoms with Crippen molar-refractivity contribution in [1.82, 2.24) is 10.2 Å². The molecule has 1 saturated carbocycles. The summed E-state index contributed by atoms with van der Waals surface area (Å²) in [4.78, 5) is 23.1. The maximum Gasteiger partial charge on any atom is 1.00 e. The van der Waals surface area contributed by atoms with Crippen molar-refractivity contribution in [3.63, 3.8) is 0 Å². The SMILES string of the molecule is CN(CC(=O)[O-])C(=O)NC1CC1c1ccccc1.[K+]. The second-order valence-electron chi connectivity index (χ2n) is 4.54. The van der Waals surface area contributed by atoms with Crippen LogP contribution < -0.4 is 61.8 Å². The van der Waals surface area contributed by atoms with Crippen LogP contribution in [0.5, 0.6) is 0 Å². The molecule has 2 amide bonds. The number of carbonyl (C=O) groups is 2. The molecule has 1 N–H and O–H groups in total. The molecule has 0 heterocycles. The van der Waals surface area contributed by atoms with Crippen molar-refractivity contribution in [3.05, 3.63) is 35.9 Å². The molecule has 0 aliphatic heterocycles. The van der Waals surface area contributed by atoms with Gasteiger partial charge in [-0.2, -0.15) is 0 Å². The van der Waals surface area contributed by atoms with E-state index in [0.29, 0.717) is 5.92 Å². The van der Waals surface area contributed by atoms with Gasteiger partial charge >= 0.3 is 57.4 Å². The Hall–Kier alpha value is -0.404. The molecule has 0 saturated heterocycles. The first-order chi connectivity index (χ1) is 8.58. The summed E-state index contributed by atoms with van der Waals surface area (Å²) in [6, 6.07) is 9.67. The summed E-state index contributed by atoms with van der Waals surface area (Å²) in [5, 5.41) is 13.2. The number of benzene rings is 1. The molecule has 6 heteroatoms. The molecule has 2 atom stereocenters. The molecule has 0 spiro atoms. The van der Waals surface area contributed by atoms with Crippen molar-refractivity contribution in [2.75, 3.05) is 13.6 Å². The maximum absolute atomic E-state index is 11.6. The number of carboxylic acids is 1. The molecule has 0 aromatic heterocycles. The van der Waals surface area contributed by atoms with Gasteiger partial charge in [0.25, 0.3) is 0 Å². The van der Waals surface area contributed by atoms with Crippen molar-refractivity contribution >= 4 is 12.0 Å². The molecule has 1 aromatic carbocycles. The van der Waals surface area contributed by atoms with Crippen molar-refractivity contribution in [1.29, 1.82) is 0 Å². The fourth-order valence-electron chi connectivity index (χ4n) is 1.96. The fourth-order valence-corrected chi connectivity index (χ4v) is 1.96. The van der Waals surface area contributed by atoms with E-state index in [1.807, 2.05) is 30.3 Å². The van der Waals surface area contributed by atoms with Crippen LogP contribution in [-0.2, 0) is 4.79 Å². The van der Waals surface area contributed by atoms with E-state index in [0.717, 1.165) is 11.3 Å². The Morgan fingerprint density at radius 1 is 1.37 bits per heavy atom. The molecule has 1 aromatic rings. The molecule has 1 aliphatic carbocycles. The third-order valence-corrected chi connectivity index (χ3v) is 3.04. The van der Waals surface area contributed by atoms with E-state index in [9.17, 15) is 14.7 Å². The molecule has 2 rings (SSSR count). The molecule has 2 unspecified atom stereocenters. The zero-order valence-electron chi connectivity index (χ0n) is 11.1. The predicted molar refractivity (Wildman–Crippen MR) is 63.8 cm³/mol. The average molecular weight is 286 g/mol. The van der Waals surface area contributed by atoms with Crippen LogP contribution in [0.15, 0.2) is 30.3 Å². The number of likely N-dealkylation sites (N-methyl/N-ethyl adjacent to an activating group) is 1. The molecule has 0 radical (unpaired) electrons. The number of hydrogen-bond donors (Lipinski definition) is 1. The smallest absolute Gasteiger partial charge is 0.548 e. The van der Waals surface area contributed by atoms with E-state index in [1.54, 1.807) is 0 Å². The van der Waals surface area contributed by atoms with Crippen LogP contribution in [-0.4, -0.2) is 36.5 Å². The van der Waals surface area contributed by atoms with Gasteiger partial charge in [-0.15, -0.1) is 0 Å². The Morgan fingerprint density at radius 2 is 2.00 bits per heavy atom. The van der Waals surface area contributed by atoms with E-state index in [2.05, 4.69) is 5.32 Å². The number of hydrogen-bond acceptors (Lipinski definition) is 3. The standard InChI is InChI=1S/C13H16N2O3.K/c1-15(8-12(16)17)13(18)14-11-7-10(11)9-5-3-2-4-6-9;/h2-6,10-11H,7-8H2,1H3,(H,14,18)(H,16,17);/q;+1/p-1. The monoisotopic (exact) mass is 286 g/mol. The minimum Gasteiger partial charge on any atom is -0.548 e. The first-order valence-electron chi connectivity index (χ1n) is 5.84. The van der Waals surface area contributed by atoms with Crippen LogP contribution >= 0.6 is 0 Å². The van der Waals surface area contributed by atoms with Gasteiger partial charge < -0.3 is 20.1 Å². The van der Waals surface area contributed by atoms with Crippen molar-refractivity contribution in [2.45, 2.75) is 18.4 Å². The van der Waals surface area contributed by atoms with E-state index in [4.69, 9.17) is 0 Å². The van der Waals surface area contributed by atoms with Gasteiger partial charge in [-0.3, -0.25) is 0 Å². The third-order valence-electron chi connectivity index (χ3n) is 3.04. The third kappa shape index (κ3) is 4.89. The zero-order valence-corrected chi connectivity index (χ0v) is 14.3. The quantitative estimate of drug-likeness (QED) is 0.597. The summed E-state index contributed by atoms with van der Waals surface area (Å²) in [5.74, 6) is -0.922. The van der Waals surface area contributed by atoms with E-state index < -0.39 is 12.5 Å². The Morgan fingerprint density at radius 3 is 2.58 bits per heavy atom. The zero-order chi connectivity index (χ0) is 13.1. The number of urea groups is 1. The van der Waals surface area contributed by atoms with E-state index >= 15 is 0 Å². The number of amides is 2. The van der Waals surface area contributed by atoms with Crippen molar-refractivity contribution < 1.29 is 66.1 Å². The summed E-state index contributed by atoms with van der Waals surface area (Å²) in [7, 11) is 1.44. The number of carbonyl (C=O) groups excluding carboxylic acids is 2. The molecule has 1 fully saturated rings. The second kappa shape index (κ2) is 7.40. The Bertz CT molecular complexity index is 452. The van der Waals surface area contributed by atoms with Crippen LogP contribution in [0.4, 0.5) is 4.79 Å². The van der Waals surface area contributed by atoms with Gasteiger partial charge in [0, 0.05) is 19.0 Å². The molecule has 5 nitrogen and oxygen atoms in total.